The fourth-order valence-corrected chi connectivity index (χ4v) is 1.24. The van der Waals surface area contributed by atoms with Gasteiger partial charge in [0.15, 0.2) is 0 Å². The predicted octanol–water partition coefficient (Wildman–Crippen LogP) is -2.39. The molecule has 23 heavy (non-hydrogen) atoms. The summed E-state index contributed by atoms with van der Waals surface area (Å²) in [5, 5.41) is 19.0. The van der Waals surface area contributed by atoms with Gasteiger partial charge in [0, 0.05) is 12.6 Å². The van der Waals surface area contributed by atoms with Gasteiger partial charge in [-0.3, -0.25) is 14.6 Å². The fourth-order valence-electron chi connectivity index (χ4n) is 1.24. The van der Waals surface area contributed by atoms with Crippen molar-refractivity contribution in [2.24, 2.45) is 11.5 Å². The Labute approximate surface area is 128 Å². The zero-order valence-electron chi connectivity index (χ0n) is 11.9. The zero-order valence-corrected chi connectivity index (χ0v) is 11.9. The molecule has 1 heterocycles. The molecule has 0 aromatic carbocycles. The second-order valence-corrected chi connectivity index (χ2v) is 4.18. The summed E-state index contributed by atoms with van der Waals surface area (Å²) in [6.45, 7) is 0.357. The van der Waals surface area contributed by atoms with Crippen LogP contribution >= 0.6 is 0 Å². The topological polar surface area (TPSA) is 221 Å². The van der Waals surface area contributed by atoms with Gasteiger partial charge in [-0.2, -0.15) is 0 Å². The molecule has 0 aliphatic heterocycles. The Morgan fingerprint density at radius 3 is 2.26 bits per heavy atom. The summed E-state index contributed by atoms with van der Waals surface area (Å²) >= 11 is 0. The molecule has 0 saturated carbocycles. The number of H-pyrrole nitrogens is 2. The van der Waals surface area contributed by atoms with Gasteiger partial charge in [0.05, 0.1) is 0 Å². The summed E-state index contributed by atoms with van der Waals surface area (Å²) < 4.78 is 0. The first-order valence-corrected chi connectivity index (χ1v) is 6.22. The van der Waals surface area contributed by atoms with E-state index in [0.717, 1.165) is 6.07 Å². The number of rotatable bonds is 6. The monoisotopic (exact) mass is 331 g/mol. The number of carbonyl (C=O) groups excluding carboxylic acids is 1. The van der Waals surface area contributed by atoms with Gasteiger partial charge < -0.3 is 32.0 Å². The molecule has 1 aromatic rings. The summed E-state index contributed by atoms with van der Waals surface area (Å²) in [7, 11) is 0. The van der Waals surface area contributed by atoms with Gasteiger partial charge in [-0.25, -0.2) is 14.4 Å². The van der Waals surface area contributed by atoms with E-state index in [1.165, 1.54) is 0 Å². The molecular formula is C11H17N5O7. The van der Waals surface area contributed by atoms with Crippen molar-refractivity contribution in [2.75, 3.05) is 6.54 Å². The van der Waals surface area contributed by atoms with Crippen LogP contribution in [0.15, 0.2) is 15.7 Å². The minimum atomic E-state index is -1.34. The van der Waals surface area contributed by atoms with Crippen LogP contribution in [0.4, 0.5) is 4.79 Å². The number of nitrogens with two attached hydrogens (primary N) is 2. The molecule has 12 heteroatoms. The van der Waals surface area contributed by atoms with Crippen LogP contribution in [-0.4, -0.2) is 50.7 Å². The third-order valence-electron chi connectivity index (χ3n) is 2.30. The average Bonchev–Trinajstić information content (AvgIpc) is 2.42. The van der Waals surface area contributed by atoms with E-state index in [-0.39, 0.29) is 0 Å². The van der Waals surface area contributed by atoms with Crippen LogP contribution in [0.3, 0.4) is 0 Å². The Kier molecular flexibility index (Phi) is 8.39. The van der Waals surface area contributed by atoms with Gasteiger partial charge in [0.2, 0.25) is 0 Å². The van der Waals surface area contributed by atoms with Crippen LogP contribution in [0.2, 0.25) is 0 Å². The van der Waals surface area contributed by atoms with Gasteiger partial charge in [-0.15, -0.1) is 0 Å². The number of aromatic carboxylic acids is 1. The molecule has 128 valence electrons. The quantitative estimate of drug-likeness (QED) is 0.278. The molecule has 1 unspecified atom stereocenters. The normalized spacial score (nSPS) is 10.8. The maximum atomic E-state index is 10.5. The molecule has 0 radical (unpaired) electrons. The first-order valence-electron chi connectivity index (χ1n) is 6.22. The van der Waals surface area contributed by atoms with Crippen LogP contribution in [0.25, 0.3) is 0 Å². The second kappa shape index (κ2) is 9.73. The number of amides is 2. The number of aromatic amines is 2. The predicted molar refractivity (Wildman–Crippen MR) is 77.1 cm³/mol. The highest BCUT2D eigenvalue weighted by atomic mass is 16.4. The third kappa shape index (κ3) is 9.41. The molecule has 1 atom stereocenters. The molecule has 1 aromatic heterocycles. The van der Waals surface area contributed by atoms with Crippen molar-refractivity contribution in [1.29, 1.82) is 0 Å². The first kappa shape index (κ1) is 19.9. The zero-order chi connectivity index (χ0) is 18.0. The summed E-state index contributed by atoms with van der Waals surface area (Å²) in [4.78, 5) is 55.2. The smallest absolute Gasteiger partial charge is 0.352 e. The molecular weight excluding hydrogens is 314 g/mol. The summed E-state index contributed by atoms with van der Waals surface area (Å²) in [5.41, 5.74) is 7.99. The third-order valence-corrected chi connectivity index (χ3v) is 2.30. The van der Waals surface area contributed by atoms with Crippen LogP contribution in [-0.2, 0) is 4.79 Å². The Bertz CT molecular complexity index is 637. The number of nitrogens with one attached hydrogen (secondary N) is 3. The van der Waals surface area contributed by atoms with E-state index < -0.39 is 41.0 Å². The van der Waals surface area contributed by atoms with Crippen LogP contribution in [0, 0.1) is 0 Å². The van der Waals surface area contributed by atoms with Crippen molar-refractivity contribution >= 4 is 18.0 Å². The largest absolute Gasteiger partial charge is 0.480 e. The maximum absolute atomic E-state index is 10.5. The SMILES string of the molecule is NC(=O)NCCCC(N)C(=O)O.O=C(O)c1cc(=O)[nH]c(=O)[nH]1. The molecule has 0 bridgehead atoms. The van der Waals surface area contributed by atoms with E-state index >= 15 is 0 Å². The second-order valence-electron chi connectivity index (χ2n) is 4.18. The number of aliphatic carboxylic acids is 1. The Balaban J connectivity index is 0.000000422. The number of carboxylic acid groups (broad SMARTS) is 2. The number of carboxylic acids is 2. The van der Waals surface area contributed by atoms with Crippen molar-refractivity contribution in [3.8, 4) is 0 Å². The maximum Gasteiger partial charge on any atom is 0.352 e. The molecule has 12 nitrogen and oxygen atoms in total. The Hall–Kier alpha value is -3.15. The highest BCUT2D eigenvalue weighted by molar-refractivity contribution is 5.84. The lowest BCUT2D eigenvalue weighted by molar-refractivity contribution is -0.138. The Morgan fingerprint density at radius 2 is 1.83 bits per heavy atom. The molecule has 0 aliphatic carbocycles. The minimum absolute atomic E-state index is 0.329. The molecule has 0 saturated heterocycles. The number of hydrogen-bond acceptors (Lipinski definition) is 6. The molecule has 0 spiro atoms. The molecule has 2 amide bonds. The van der Waals surface area contributed by atoms with Gasteiger partial charge in [0.1, 0.15) is 11.7 Å². The van der Waals surface area contributed by atoms with E-state index in [0.29, 0.717) is 19.4 Å². The van der Waals surface area contributed by atoms with Gasteiger partial charge in [-0.05, 0) is 12.8 Å². The number of carbonyl (C=O) groups is 3. The number of hydrogen-bond donors (Lipinski definition) is 7. The van der Waals surface area contributed by atoms with Crippen molar-refractivity contribution in [3.05, 3.63) is 32.6 Å². The first-order chi connectivity index (χ1) is 10.6. The van der Waals surface area contributed by atoms with Gasteiger partial charge in [-0.1, -0.05) is 0 Å². The lowest BCUT2D eigenvalue weighted by atomic mass is 10.2. The fraction of sp³-hybridized carbons (Fsp3) is 0.364. The van der Waals surface area contributed by atoms with Gasteiger partial charge >= 0.3 is 23.7 Å². The molecule has 1 rings (SSSR count). The van der Waals surface area contributed by atoms with E-state index in [2.05, 4.69) is 5.32 Å². The molecule has 9 N–H and O–H groups in total. The van der Waals surface area contributed by atoms with Crippen LogP contribution in [0.1, 0.15) is 23.3 Å². The highest BCUT2D eigenvalue weighted by Gasteiger charge is 2.09. The van der Waals surface area contributed by atoms with Gasteiger partial charge in [0.25, 0.3) is 5.56 Å². The van der Waals surface area contributed by atoms with E-state index in [1.807, 2.05) is 9.97 Å². The Morgan fingerprint density at radius 1 is 1.22 bits per heavy atom. The highest BCUT2D eigenvalue weighted by Crippen LogP contribution is 1.92. The van der Waals surface area contributed by atoms with E-state index in [9.17, 15) is 24.0 Å². The molecule has 0 aliphatic rings. The van der Waals surface area contributed by atoms with E-state index in [4.69, 9.17) is 21.7 Å². The minimum Gasteiger partial charge on any atom is -0.480 e. The summed E-state index contributed by atoms with van der Waals surface area (Å²) in [5.74, 6) is -2.37. The standard InChI is InChI=1S/C6H13N3O3.C5H4N2O4/c7-4(5(10)11)2-1-3-9-6(8)12;8-3-1-2(4(9)10)6-5(11)7-3/h4H,1-3,7H2,(H,10,11)(H3,8,9,12);1H,(H,9,10)(H2,6,7,8,11). The van der Waals surface area contributed by atoms with Crippen molar-refractivity contribution in [2.45, 2.75) is 18.9 Å². The molecule has 0 fully saturated rings. The van der Waals surface area contributed by atoms with Crippen molar-refractivity contribution in [3.63, 3.8) is 0 Å². The number of urea groups is 1. The number of primary amides is 1. The summed E-state index contributed by atoms with van der Waals surface area (Å²) in [6, 6.07) is -0.678. The number of aromatic nitrogens is 2. The van der Waals surface area contributed by atoms with Crippen molar-refractivity contribution < 1.29 is 24.6 Å². The average molecular weight is 331 g/mol. The van der Waals surface area contributed by atoms with Crippen molar-refractivity contribution in [1.82, 2.24) is 15.3 Å². The lowest BCUT2D eigenvalue weighted by Crippen LogP contribution is -2.33. The van der Waals surface area contributed by atoms with Crippen LogP contribution < -0.4 is 28.0 Å². The van der Waals surface area contributed by atoms with Crippen LogP contribution in [0.5, 0.6) is 0 Å². The lowest BCUT2D eigenvalue weighted by Gasteiger charge is -2.05. The summed E-state index contributed by atoms with van der Waals surface area (Å²) in [6.07, 6.45) is 0.839. The van der Waals surface area contributed by atoms with E-state index in [1.54, 1.807) is 0 Å².